The molecule has 1 N–H and O–H groups in total. The fraction of sp³-hybridized carbons (Fsp3) is 0.0952. The van der Waals surface area contributed by atoms with Crippen molar-refractivity contribution in [2.45, 2.75) is 11.9 Å². The van der Waals surface area contributed by atoms with Crippen molar-refractivity contribution in [3.8, 4) is 0 Å². The van der Waals surface area contributed by atoms with Gasteiger partial charge in [0.1, 0.15) is 11.5 Å². The minimum atomic E-state index is -0.535. The van der Waals surface area contributed by atoms with Gasteiger partial charge in [-0.15, -0.1) is 5.10 Å². The summed E-state index contributed by atoms with van der Waals surface area (Å²) in [5, 5.41) is 11.9. The van der Waals surface area contributed by atoms with Crippen molar-refractivity contribution >= 4 is 40.1 Å². The first-order valence-electron chi connectivity index (χ1n) is 8.96. The standard InChI is InChI=1S/C21H15ClN4O2S/c22-14-9-7-13(8-10-14)12-29-21-24-20(27)18-15-4-1-2-5-16(15)23-19(26(18)25-21)17-6-3-11-28-17/h1-11,19H,12H2,(H,24,25,27)/t19-/m1/s1. The number of carbonyl (C=O) groups is 1. The van der Waals surface area contributed by atoms with Crippen LogP contribution in [0.1, 0.15) is 17.5 Å². The van der Waals surface area contributed by atoms with E-state index < -0.39 is 6.17 Å². The van der Waals surface area contributed by atoms with Crippen LogP contribution in [0, 0.1) is 0 Å². The Kier molecular flexibility index (Phi) is 4.61. The molecule has 29 heavy (non-hydrogen) atoms. The van der Waals surface area contributed by atoms with Crippen molar-refractivity contribution in [1.82, 2.24) is 10.3 Å². The fourth-order valence-electron chi connectivity index (χ4n) is 3.25. The van der Waals surface area contributed by atoms with E-state index in [1.54, 1.807) is 17.3 Å². The normalized spacial score (nSPS) is 17.8. The zero-order valence-electron chi connectivity index (χ0n) is 15.1. The first-order chi connectivity index (χ1) is 14.2. The number of nitrogens with one attached hydrogen (secondary N) is 1. The number of furan rings is 1. The third kappa shape index (κ3) is 3.43. The van der Waals surface area contributed by atoms with Gasteiger partial charge in [-0.2, -0.15) is 0 Å². The predicted octanol–water partition coefficient (Wildman–Crippen LogP) is 3.01. The SMILES string of the molecule is O=C1NC(SCc2ccc(Cl)cc2)=NN2C1=c1ccccc1=N[C@H]2c1ccco1. The molecule has 1 amide bonds. The highest BCUT2D eigenvalue weighted by atomic mass is 35.5. The molecule has 2 aliphatic rings. The Morgan fingerprint density at radius 2 is 1.93 bits per heavy atom. The highest BCUT2D eigenvalue weighted by Gasteiger charge is 2.35. The van der Waals surface area contributed by atoms with Crippen molar-refractivity contribution in [3.05, 3.63) is 93.8 Å². The van der Waals surface area contributed by atoms with Crippen LogP contribution < -0.4 is 15.9 Å². The molecule has 0 bridgehead atoms. The lowest BCUT2D eigenvalue weighted by molar-refractivity contribution is -0.116. The van der Waals surface area contributed by atoms with E-state index >= 15 is 0 Å². The summed E-state index contributed by atoms with van der Waals surface area (Å²) in [7, 11) is 0. The summed E-state index contributed by atoms with van der Waals surface area (Å²) < 4.78 is 5.58. The largest absolute Gasteiger partial charge is 0.465 e. The quantitative estimate of drug-likeness (QED) is 0.704. The van der Waals surface area contributed by atoms with Crippen molar-refractivity contribution in [2.24, 2.45) is 10.1 Å². The van der Waals surface area contributed by atoms with Crippen LogP contribution in [0.15, 0.2) is 81.4 Å². The number of hydrogen-bond acceptors (Lipinski definition) is 6. The molecule has 0 fully saturated rings. The van der Waals surface area contributed by atoms with Gasteiger partial charge in [0.15, 0.2) is 5.17 Å². The number of amides is 1. The number of hydrogen-bond donors (Lipinski definition) is 1. The van der Waals surface area contributed by atoms with Gasteiger partial charge in [0, 0.05) is 16.0 Å². The molecule has 3 aromatic rings. The van der Waals surface area contributed by atoms with Crippen LogP contribution in [0.25, 0.3) is 5.70 Å². The number of amidine groups is 1. The summed E-state index contributed by atoms with van der Waals surface area (Å²) in [5.41, 5.74) is 1.55. The molecule has 6 nitrogen and oxygen atoms in total. The Morgan fingerprint density at radius 1 is 1.10 bits per heavy atom. The zero-order chi connectivity index (χ0) is 19.8. The van der Waals surface area contributed by atoms with Crippen molar-refractivity contribution in [2.75, 3.05) is 0 Å². The van der Waals surface area contributed by atoms with Gasteiger partial charge >= 0.3 is 0 Å². The molecular weight excluding hydrogens is 408 g/mol. The van der Waals surface area contributed by atoms with E-state index in [4.69, 9.17) is 21.0 Å². The second-order valence-electron chi connectivity index (χ2n) is 6.50. The molecule has 0 unspecified atom stereocenters. The van der Waals surface area contributed by atoms with E-state index in [0.717, 1.165) is 16.1 Å². The van der Waals surface area contributed by atoms with Gasteiger partial charge < -0.3 is 4.42 Å². The van der Waals surface area contributed by atoms with Crippen molar-refractivity contribution in [1.29, 1.82) is 0 Å². The summed E-state index contributed by atoms with van der Waals surface area (Å²) in [6.45, 7) is 0. The number of fused-ring (bicyclic) bond motifs is 2. The Labute approximate surface area is 175 Å². The predicted molar refractivity (Wildman–Crippen MR) is 112 cm³/mol. The van der Waals surface area contributed by atoms with Crippen LogP contribution in [0.3, 0.4) is 0 Å². The van der Waals surface area contributed by atoms with E-state index in [9.17, 15) is 4.79 Å². The van der Waals surface area contributed by atoms with E-state index in [1.807, 2.05) is 54.6 Å². The number of halogens is 1. The highest BCUT2D eigenvalue weighted by molar-refractivity contribution is 8.13. The highest BCUT2D eigenvalue weighted by Crippen LogP contribution is 2.31. The Bertz CT molecular complexity index is 1220. The Hall–Kier alpha value is -3.03. The van der Waals surface area contributed by atoms with Gasteiger partial charge in [-0.25, -0.2) is 10.0 Å². The Morgan fingerprint density at radius 3 is 2.72 bits per heavy atom. The number of nitrogens with zero attached hydrogens (tertiary/aromatic N) is 3. The molecule has 0 spiro atoms. The molecule has 1 aromatic heterocycles. The van der Waals surface area contributed by atoms with Gasteiger partial charge in [0.25, 0.3) is 5.91 Å². The number of benzene rings is 2. The second kappa shape index (κ2) is 7.42. The summed E-state index contributed by atoms with van der Waals surface area (Å²) in [6, 6.07) is 18.8. The second-order valence-corrected chi connectivity index (χ2v) is 7.90. The molecule has 1 atom stereocenters. The molecule has 144 valence electrons. The molecule has 0 aliphatic carbocycles. The molecular formula is C21H15ClN4O2S. The Balaban J connectivity index is 1.53. The lowest BCUT2D eigenvalue weighted by Crippen LogP contribution is -2.50. The monoisotopic (exact) mass is 422 g/mol. The third-order valence-electron chi connectivity index (χ3n) is 4.60. The number of rotatable bonds is 3. The van der Waals surface area contributed by atoms with Gasteiger partial charge in [0.05, 0.1) is 11.6 Å². The maximum Gasteiger partial charge on any atom is 0.276 e. The first-order valence-corrected chi connectivity index (χ1v) is 10.3. The molecule has 2 aromatic carbocycles. The van der Waals surface area contributed by atoms with E-state index in [2.05, 4.69) is 10.4 Å². The van der Waals surface area contributed by atoms with E-state index in [0.29, 0.717) is 27.4 Å². The van der Waals surface area contributed by atoms with Crippen molar-refractivity contribution in [3.63, 3.8) is 0 Å². The van der Waals surface area contributed by atoms with Crippen LogP contribution in [-0.2, 0) is 10.5 Å². The van der Waals surface area contributed by atoms with E-state index in [1.165, 1.54) is 11.8 Å². The smallest absolute Gasteiger partial charge is 0.276 e. The molecule has 2 aliphatic heterocycles. The molecule has 8 heteroatoms. The number of carbonyl (C=O) groups excluding carboxylic acids is 1. The number of para-hydroxylation sites is 1. The lowest BCUT2D eigenvalue weighted by Gasteiger charge is -2.32. The molecule has 0 saturated carbocycles. The van der Waals surface area contributed by atoms with E-state index in [-0.39, 0.29) is 5.91 Å². The number of hydrazone groups is 1. The number of thioether (sulfide) groups is 1. The van der Waals surface area contributed by atoms with Crippen LogP contribution in [0.4, 0.5) is 0 Å². The maximum absolute atomic E-state index is 13.0. The van der Waals surface area contributed by atoms with Gasteiger partial charge in [-0.1, -0.05) is 53.7 Å². The summed E-state index contributed by atoms with van der Waals surface area (Å²) >= 11 is 7.39. The van der Waals surface area contributed by atoms with Gasteiger partial charge in [0.2, 0.25) is 6.17 Å². The molecule has 3 heterocycles. The van der Waals surface area contributed by atoms with Gasteiger partial charge in [-0.3, -0.25) is 10.1 Å². The summed E-state index contributed by atoms with van der Waals surface area (Å²) in [4.78, 5) is 17.8. The van der Waals surface area contributed by atoms with Crippen LogP contribution in [-0.4, -0.2) is 16.1 Å². The topological polar surface area (TPSA) is 70.2 Å². The summed E-state index contributed by atoms with van der Waals surface area (Å²) in [6.07, 6.45) is 1.06. The molecule has 5 rings (SSSR count). The molecule has 0 radical (unpaired) electrons. The third-order valence-corrected chi connectivity index (χ3v) is 5.79. The molecule has 0 saturated heterocycles. The average molecular weight is 423 g/mol. The average Bonchev–Trinajstić information content (AvgIpc) is 3.27. The maximum atomic E-state index is 13.0. The minimum Gasteiger partial charge on any atom is -0.465 e. The van der Waals surface area contributed by atoms with Gasteiger partial charge in [-0.05, 0) is 35.9 Å². The zero-order valence-corrected chi connectivity index (χ0v) is 16.7. The minimum absolute atomic E-state index is 0.211. The van der Waals surface area contributed by atoms with Crippen LogP contribution in [0.5, 0.6) is 0 Å². The van der Waals surface area contributed by atoms with Crippen molar-refractivity contribution < 1.29 is 9.21 Å². The lowest BCUT2D eigenvalue weighted by atomic mass is 10.1. The van der Waals surface area contributed by atoms with Crippen LogP contribution >= 0.6 is 23.4 Å². The fourth-order valence-corrected chi connectivity index (χ4v) is 4.18. The summed E-state index contributed by atoms with van der Waals surface area (Å²) in [5.74, 6) is 1.06. The van der Waals surface area contributed by atoms with Crippen LogP contribution in [0.2, 0.25) is 5.02 Å². The first kappa shape index (κ1) is 18.0.